The Morgan fingerprint density at radius 1 is 1.33 bits per heavy atom. The first-order valence-electron chi connectivity index (χ1n) is 7.58. The molecule has 0 amide bonds. The molecule has 2 unspecified atom stereocenters. The first-order chi connectivity index (χ1) is 9.95. The molecule has 1 aromatic rings. The van der Waals surface area contributed by atoms with Crippen LogP contribution >= 0.6 is 0 Å². The lowest BCUT2D eigenvalue weighted by molar-refractivity contribution is -0.137. The molecule has 2 rings (SSSR count). The summed E-state index contributed by atoms with van der Waals surface area (Å²) in [6, 6.07) is 6.34. The van der Waals surface area contributed by atoms with E-state index in [-0.39, 0.29) is 6.04 Å². The number of nitrogens with one attached hydrogen (secondary N) is 2. The Hall–Kier alpha value is -1.07. The normalized spacial score (nSPS) is 21.2. The maximum Gasteiger partial charge on any atom is 0.416 e. The molecule has 118 valence electrons. The van der Waals surface area contributed by atoms with Crippen LogP contribution in [0.5, 0.6) is 0 Å². The molecule has 1 aromatic carbocycles. The van der Waals surface area contributed by atoms with E-state index in [4.69, 9.17) is 0 Å². The largest absolute Gasteiger partial charge is 0.416 e. The predicted octanol–water partition coefficient (Wildman–Crippen LogP) is 3.72. The summed E-state index contributed by atoms with van der Waals surface area (Å²) in [5.41, 5.74) is 0.0941. The summed E-state index contributed by atoms with van der Waals surface area (Å²) in [4.78, 5) is 0. The summed E-state index contributed by atoms with van der Waals surface area (Å²) in [6.07, 6.45) is 0.433. The van der Waals surface area contributed by atoms with Crippen LogP contribution in [0.15, 0.2) is 24.3 Å². The van der Waals surface area contributed by atoms with E-state index in [2.05, 4.69) is 17.6 Å². The summed E-state index contributed by atoms with van der Waals surface area (Å²) in [7, 11) is 0. The van der Waals surface area contributed by atoms with E-state index < -0.39 is 11.7 Å². The molecule has 0 aliphatic carbocycles. The van der Waals surface area contributed by atoms with Crippen molar-refractivity contribution in [3.8, 4) is 0 Å². The standard InChI is InChI=1S/C16H23F3N2/c1-12(9-15-7-2-3-8-20-15)21-11-13-5-4-6-14(10-13)16(17,18)19/h4-6,10,12,15,20-21H,2-3,7-9,11H2,1H3. The van der Waals surface area contributed by atoms with Crippen molar-refractivity contribution < 1.29 is 13.2 Å². The van der Waals surface area contributed by atoms with Crippen molar-refractivity contribution in [2.24, 2.45) is 0 Å². The molecular weight excluding hydrogens is 277 g/mol. The average Bonchev–Trinajstić information content (AvgIpc) is 2.46. The van der Waals surface area contributed by atoms with Gasteiger partial charge in [0.05, 0.1) is 5.56 Å². The minimum absolute atomic E-state index is 0.287. The van der Waals surface area contributed by atoms with E-state index in [1.165, 1.54) is 31.4 Å². The summed E-state index contributed by atoms with van der Waals surface area (Å²) >= 11 is 0. The highest BCUT2D eigenvalue weighted by atomic mass is 19.4. The van der Waals surface area contributed by atoms with Crippen molar-refractivity contribution >= 4 is 0 Å². The number of benzene rings is 1. The smallest absolute Gasteiger partial charge is 0.314 e. The zero-order valence-electron chi connectivity index (χ0n) is 12.3. The zero-order chi connectivity index (χ0) is 15.3. The summed E-state index contributed by atoms with van der Waals surface area (Å²) in [5, 5.41) is 6.81. The summed E-state index contributed by atoms with van der Waals surface area (Å²) in [5.74, 6) is 0. The number of alkyl halides is 3. The number of halogens is 3. The quantitative estimate of drug-likeness (QED) is 0.866. The second-order valence-corrected chi connectivity index (χ2v) is 5.86. The number of hydrogen-bond donors (Lipinski definition) is 2. The molecule has 0 spiro atoms. The van der Waals surface area contributed by atoms with Gasteiger partial charge in [0.1, 0.15) is 0 Å². The lowest BCUT2D eigenvalue weighted by atomic mass is 9.98. The van der Waals surface area contributed by atoms with Crippen molar-refractivity contribution in [3.63, 3.8) is 0 Å². The topological polar surface area (TPSA) is 24.1 Å². The van der Waals surface area contributed by atoms with Crippen LogP contribution in [0.3, 0.4) is 0 Å². The van der Waals surface area contributed by atoms with Crippen molar-refractivity contribution in [2.45, 2.75) is 57.4 Å². The fourth-order valence-electron chi connectivity index (χ4n) is 2.78. The Kier molecular flexibility index (Phi) is 5.65. The van der Waals surface area contributed by atoms with Crippen molar-refractivity contribution in [1.82, 2.24) is 10.6 Å². The van der Waals surface area contributed by atoms with Gasteiger partial charge in [-0.2, -0.15) is 13.2 Å². The zero-order valence-corrected chi connectivity index (χ0v) is 12.3. The van der Waals surface area contributed by atoms with Gasteiger partial charge in [-0.3, -0.25) is 0 Å². The molecule has 2 nitrogen and oxygen atoms in total. The van der Waals surface area contributed by atoms with Gasteiger partial charge in [0, 0.05) is 18.6 Å². The fourth-order valence-corrected chi connectivity index (χ4v) is 2.78. The van der Waals surface area contributed by atoms with Gasteiger partial charge in [0.25, 0.3) is 0 Å². The van der Waals surface area contributed by atoms with Crippen LogP contribution in [0.2, 0.25) is 0 Å². The predicted molar refractivity (Wildman–Crippen MR) is 78.0 cm³/mol. The third-order valence-electron chi connectivity index (χ3n) is 3.96. The molecule has 2 N–H and O–H groups in total. The lowest BCUT2D eigenvalue weighted by Crippen LogP contribution is -2.39. The van der Waals surface area contributed by atoms with Crippen LogP contribution in [0.25, 0.3) is 0 Å². The first-order valence-corrected chi connectivity index (χ1v) is 7.58. The number of rotatable bonds is 5. The van der Waals surface area contributed by atoms with E-state index in [0.29, 0.717) is 18.2 Å². The van der Waals surface area contributed by atoms with Crippen molar-refractivity contribution in [3.05, 3.63) is 35.4 Å². The van der Waals surface area contributed by atoms with Crippen LogP contribution < -0.4 is 10.6 Å². The van der Waals surface area contributed by atoms with E-state index in [9.17, 15) is 13.2 Å². The SMILES string of the molecule is CC(CC1CCCCN1)NCc1cccc(C(F)(F)F)c1. The van der Waals surface area contributed by atoms with Crippen LogP contribution in [0.1, 0.15) is 43.7 Å². The maximum absolute atomic E-state index is 12.6. The summed E-state index contributed by atoms with van der Waals surface area (Å²) in [6.45, 7) is 3.63. The minimum Gasteiger partial charge on any atom is -0.314 e. The third kappa shape index (κ3) is 5.32. The monoisotopic (exact) mass is 300 g/mol. The van der Waals surface area contributed by atoms with Crippen LogP contribution in [-0.2, 0) is 12.7 Å². The Morgan fingerprint density at radius 2 is 2.14 bits per heavy atom. The van der Waals surface area contributed by atoms with Gasteiger partial charge in [-0.25, -0.2) is 0 Å². The molecule has 1 fully saturated rings. The molecule has 1 heterocycles. The van der Waals surface area contributed by atoms with Gasteiger partial charge in [-0.15, -0.1) is 0 Å². The van der Waals surface area contributed by atoms with Gasteiger partial charge >= 0.3 is 6.18 Å². The highest BCUT2D eigenvalue weighted by Gasteiger charge is 2.30. The maximum atomic E-state index is 12.6. The number of hydrogen-bond acceptors (Lipinski definition) is 2. The molecule has 1 saturated heterocycles. The lowest BCUT2D eigenvalue weighted by Gasteiger charge is -2.26. The van der Waals surface area contributed by atoms with Crippen molar-refractivity contribution in [1.29, 1.82) is 0 Å². The fraction of sp³-hybridized carbons (Fsp3) is 0.625. The van der Waals surface area contributed by atoms with Crippen LogP contribution in [-0.4, -0.2) is 18.6 Å². The highest BCUT2D eigenvalue weighted by molar-refractivity contribution is 5.25. The molecule has 21 heavy (non-hydrogen) atoms. The Balaban J connectivity index is 1.82. The molecule has 2 atom stereocenters. The third-order valence-corrected chi connectivity index (χ3v) is 3.96. The molecule has 0 aromatic heterocycles. The second kappa shape index (κ2) is 7.27. The van der Waals surface area contributed by atoms with Crippen LogP contribution in [0.4, 0.5) is 13.2 Å². The Labute approximate surface area is 124 Å². The van der Waals surface area contributed by atoms with Crippen molar-refractivity contribution in [2.75, 3.05) is 6.54 Å². The van der Waals surface area contributed by atoms with Gasteiger partial charge in [-0.1, -0.05) is 24.6 Å². The minimum atomic E-state index is -4.27. The van der Waals surface area contributed by atoms with Gasteiger partial charge in [-0.05, 0) is 44.4 Å². The Bertz CT molecular complexity index is 439. The van der Waals surface area contributed by atoms with Gasteiger partial charge in [0.2, 0.25) is 0 Å². The second-order valence-electron chi connectivity index (χ2n) is 5.86. The summed E-state index contributed by atoms with van der Waals surface area (Å²) < 4.78 is 37.9. The van der Waals surface area contributed by atoms with E-state index in [1.807, 2.05) is 0 Å². The van der Waals surface area contributed by atoms with E-state index in [0.717, 1.165) is 19.0 Å². The van der Waals surface area contributed by atoms with E-state index in [1.54, 1.807) is 6.07 Å². The Morgan fingerprint density at radius 3 is 2.81 bits per heavy atom. The molecule has 5 heteroatoms. The van der Waals surface area contributed by atoms with Gasteiger partial charge in [0.15, 0.2) is 0 Å². The van der Waals surface area contributed by atoms with E-state index >= 15 is 0 Å². The molecule has 1 aliphatic rings. The molecule has 0 saturated carbocycles. The first kappa shape index (κ1) is 16.3. The number of piperidine rings is 1. The van der Waals surface area contributed by atoms with Crippen LogP contribution in [0, 0.1) is 0 Å². The molecule has 0 radical (unpaired) electrons. The average molecular weight is 300 g/mol. The molecule has 0 bridgehead atoms. The molecule has 1 aliphatic heterocycles. The highest BCUT2D eigenvalue weighted by Crippen LogP contribution is 2.29. The van der Waals surface area contributed by atoms with Gasteiger partial charge < -0.3 is 10.6 Å². The molecular formula is C16H23F3N2.